The number of nitrogen functional groups attached to an aromatic ring is 1. The Labute approximate surface area is 174 Å². The molecule has 2 heterocycles. The second-order valence-corrected chi connectivity index (χ2v) is 7.77. The molecule has 0 saturated heterocycles. The zero-order chi connectivity index (χ0) is 22.6. The van der Waals surface area contributed by atoms with Crippen LogP contribution in [0, 0.1) is 12.8 Å². The number of likely N-dealkylation sites (N-methyl/N-ethyl adjacent to an activating group) is 1. The second-order valence-electron chi connectivity index (χ2n) is 7.77. The average Bonchev–Trinajstić information content (AvgIpc) is 2.63. The summed E-state index contributed by atoms with van der Waals surface area (Å²) >= 11 is 0. The number of rotatable bonds is 8. The maximum absolute atomic E-state index is 12.8. The third-order valence-corrected chi connectivity index (χ3v) is 4.42. The summed E-state index contributed by atoms with van der Waals surface area (Å²) in [6.45, 7) is 5.65. The van der Waals surface area contributed by atoms with E-state index in [-0.39, 0.29) is 42.8 Å². The highest BCUT2D eigenvalue weighted by Gasteiger charge is 2.23. The van der Waals surface area contributed by atoms with Gasteiger partial charge in [-0.2, -0.15) is 0 Å². The zero-order valence-corrected chi connectivity index (χ0v) is 17.9. The van der Waals surface area contributed by atoms with Crippen LogP contribution < -0.4 is 22.3 Å². The molecular weight excluding hydrogens is 388 g/mol. The third kappa shape index (κ3) is 5.41. The normalized spacial score (nSPS) is 11.2. The van der Waals surface area contributed by atoms with Gasteiger partial charge in [-0.1, -0.05) is 13.8 Å². The first-order valence-corrected chi connectivity index (χ1v) is 9.54. The highest BCUT2D eigenvalue weighted by atomic mass is 16.2. The van der Waals surface area contributed by atoms with Crippen molar-refractivity contribution in [3.8, 4) is 0 Å². The van der Waals surface area contributed by atoms with Gasteiger partial charge in [0.2, 0.25) is 5.91 Å². The molecule has 0 aliphatic heterocycles. The molecule has 30 heavy (non-hydrogen) atoms. The Hall–Kier alpha value is -3.27. The molecule has 0 aliphatic carbocycles. The third-order valence-electron chi connectivity index (χ3n) is 4.42. The number of Topliss-reactive ketones (excluding diaryl/α,β-unsaturated/α-hetero) is 1. The van der Waals surface area contributed by atoms with Crippen LogP contribution in [0.25, 0.3) is 0 Å². The van der Waals surface area contributed by atoms with E-state index in [1.54, 1.807) is 19.3 Å². The van der Waals surface area contributed by atoms with Crippen molar-refractivity contribution in [3.63, 3.8) is 0 Å². The summed E-state index contributed by atoms with van der Waals surface area (Å²) in [5.41, 5.74) is 5.41. The molecule has 162 valence electrons. The molecule has 0 atom stereocenters. The summed E-state index contributed by atoms with van der Waals surface area (Å²) in [6, 6.07) is 3.54. The molecule has 0 saturated carbocycles. The fourth-order valence-corrected chi connectivity index (χ4v) is 3.00. The molecule has 2 aromatic heterocycles. The first-order valence-electron chi connectivity index (χ1n) is 9.54. The standard InChI is InChI=1S/C20H28N6O4/c1-12(2)9-26-18(21)17(19(29)25(5)20(26)30)14(27)10-24(4)11-16(28)23-15-8-13(3)6-7-22-15/h6-8,12H,9-11,21H2,1-5H3,(H,22,23,28). The van der Waals surface area contributed by atoms with Gasteiger partial charge in [0.05, 0.1) is 13.1 Å². The van der Waals surface area contributed by atoms with E-state index in [2.05, 4.69) is 10.3 Å². The van der Waals surface area contributed by atoms with Gasteiger partial charge in [0.15, 0.2) is 5.78 Å². The number of carbonyl (C=O) groups is 2. The van der Waals surface area contributed by atoms with Crippen molar-refractivity contribution in [2.75, 3.05) is 31.2 Å². The second kappa shape index (κ2) is 9.49. The van der Waals surface area contributed by atoms with E-state index in [0.29, 0.717) is 5.82 Å². The molecular formula is C20H28N6O4. The molecule has 1 amide bonds. The molecule has 0 radical (unpaired) electrons. The SMILES string of the molecule is Cc1ccnc(NC(=O)CN(C)CC(=O)c2c(N)n(CC(C)C)c(=O)n(C)c2=O)c1. The van der Waals surface area contributed by atoms with Crippen LogP contribution in [0.1, 0.15) is 29.8 Å². The molecule has 0 spiro atoms. The Morgan fingerprint density at radius 3 is 2.53 bits per heavy atom. The van der Waals surface area contributed by atoms with Crippen molar-refractivity contribution in [2.24, 2.45) is 13.0 Å². The number of aromatic nitrogens is 3. The van der Waals surface area contributed by atoms with Gasteiger partial charge in [-0.05, 0) is 37.6 Å². The summed E-state index contributed by atoms with van der Waals surface area (Å²) < 4.78 is 2.11. The van der Waals surface area contributed by atoms with Crippen LogP contribution in [0.2, 0.25) is 0 Å². The quantitative estimate of drug-likeness (QED) is 0.589. The summed E-state index contributed by atoms with van der Waals surface area (Å²) in [4.78, 5) is 55.4. The van der Waals surface area contributed by atoms with E-state index >= 15 is 0 Å². The van der Waals surface area contributed by atoms with Crippen LogP contribution in [-0.2, 0) is 18.4 Å². The molecule has 0 bridgehead atoms. The van der Waals surface area contributed by atoms with Crippen molar-refractivity contribution < 1.29 is 9.59 Å². The van der Waals surface area contributed by atoms with Crippen LogP contribution >= 0.6 is 0 Å². The number of pyridine rings is 1. The molecule has 10 nitrogen and oxygen atoms in total. The number of anilines is 2. The lowest BCUT2D eigenvalue weighted by Crippen LogP contribution is -2.44. The van der Waals surface area contributed by atoms with Gasteiger partial charge in [0.1, 0.15) is 17.2 Å². The van der Waals surface area contributed by atoms with Crippen molar-refractivity contribution in [1.82, 2.24) is 19.0 Å². The van der Waals surface area contributed by atoms with E-state index in [1.807, 2.05) is 26.8 Å². The van der Waals surface area contributed by atoms with E-state index in [1.165, 1.54) is 16.5 Å². The number of nitrogens with two attached hydrogens (primary N) is 1. The lowest BCUT2D eigenvalue weighted by atomic mass is 10.1. The van der Waals surface area contributed by atoms with Gasteiger partial charge >= 0.3 is 5.69 Å². The number of hydrogen-bond acceptors (Lipinski definition) is 7. The molecule has 10 heteroatoms. The van der Waals surface area contributed by atoms with E-state index < -0.39 is 17.0 Å². The molecule has 0 aliphatic rings. The predicted molar refractivity (Wildman–Crippen MR) is 115 cm³/mol. The van der Waals surface area contributed by atoms with Crippen LogP contribution in [0.4, 0.5) is 11.6 Å². The smallest absolute Gasteiger partial charge is 0.332 e. The van der Waals surface area contributed by atoms with Crippen molar-refractivity contribution >= 4 is 23.3 Å². The molecule has 2 rings (SSSR count). The van der Waals surface area contributed by atoms with Gasteiger partial charge in [0, 0.05) is 19.8 Å². The minimum Gasteiger partial charge on any atom is -0.384 e. The Kier molecular flexibility index (Phi) is 7.28. The van der Waals surface area contributed by atoms with Gasteiger partial charge in [-0.15, -0.1) is 0 Å². The summed E-state index contributed by atoms with van der Waals surface area (Å²) in [5.74, 6) is -0.557. The summed E-state index contributed by atoms with van der Waals surface area (Å²) in [5, 5.41) is 2.66. The first-order chi connectivity index (χ1) is 14.0. The number of ketones is 1. The van der Waals surface area contributed by atoms with E-state index in [0.717, 1.165) is 10.1 Å². The average molecular weight is 416 g/mol. The van der Waals surface area contributed by atoms with Gasteiger partial charge < -0.3 is 11.1 Å². The highest BCUT2D eigenvalue weighted by Crippen LogP contribution is 2.09. The number of nitrogens with one attached hydrogen (secondary N) is 1. The van der Waals surface area contributed by atoms with Crippen molar-refractivity contribution in [3.05, 3.63) is 50.3 Å². The number of aryl methyl sites for hydroxylation is 1. The topological polar surface area (TPSA) is 132 Å². The Morgan fingerprint density at radius 1 is 1.27 bits per heavy atom. The highest BCUT2D eigenvalue weighted by molar-refractivity contribution is 6.01. The minimum atomic E-state index is -0.746. The molecule has 0 unspecified atom stereocenters. The lowest BCUT2D eigenvalue weighted by Gasteiger charge is -2.18. The lowest BCUT2D eigenvalue weighted by molar-refractivity contribution is -0.116. The molecule has 3 N–H and O–H groups in total. The maximum Gasteiger partial charge on any atom is 0.332 e. The Balaban J connectivity index is 2.17. The van der Waals surface area contributed by atoms with Gasteiger partial charge in [-0.3, -0.25) is 28.4 Å². The fraction of sp³-hybridized carbons (Fsp3) is 0.450. The summed E-state index contributed by atoms with van der Waals surface area (Å²) in [7, 11) is 2.88. The van der Waals surface area contributed by atoms with Crippen molar-refractivity contribution in [2.45, 2.75) is 27.3 Å². The number of amides is 1. The molecule has 2 aromatic rings. The first kappa shape index (κ1) is 23.0. The monoisotopic (exact) mass is 416 g/mol. The van der Waals surface area contributed by atoms with Crippen LogP contribution in [0.3, 0.4) is 0 Å². The van der Waals surface area contributed by atoms with Crippen LogP contribution in [-0.4, -0.2) is 50.8 Å². The maximum atomic E-state index is 12.8. The predicted octanol–water partition coefficient (Wildman–Crippen LogP) is 0.242. The van der Waals surface area contributed by atoms with Crippen LogP contribution in [0.5, 0.6) is 0 Å². The molecule has 0 fully saturated rings. The van der Waals surface area contributed by atoms with E-state index in [4.69, 9.17) is 5.73 Å². The van der Waals surface area contributed by atoms with E-state index in [9.17, 15) is 19.2 Å². The Morgan fingerprint density at radius 2 is 1.93 bits per heavy atom. The Bertz CT molecular complexity index is 1070. The van der Waals surface area contributed by atoms with Crippen molar-refractivity contribution in [1.29, 1.82) is 0 Å². The fourth-order valence-electron chi connectivity index (χ4n) is 3.00. The zero-order valence-electron chi connectivity index (χ0n) is 17.9. The molecule has 0 aromatic carbocycles. The minimum absolute atomic E-state index is 0.0899. The largest absolute Gasteiger partial charge is 0.384 e. The number of nitrogens with zero attached hydrogens (tertiary/aromatic N) is 4. The van der Waals surface area contributed by atoms with Gasteiger partial charge in [0.25, 0.3) is 5.56 Å². The number of carbonyl (C=O) groups excluding carboxylic acids is 2. The number of hydrogen-bond donors (Lipinski definition) is 2. The summed E-state index contributed by atoms with van der Waals surface area (Å²) in [6.07, 6.45) is 1.59. The van der Waals surface area contributed by atoms with Gasteiger partial charge in [-0.25, -0.2) is 9.78 Å². The van der Waals surface area contributed by atoms with Crippen LogP contribution in [0.15, 0.2) is 27.9 Å².